The maximum Gasteiger partial charge on any atom is 0.471 e. The molecule has 0 aromatic heterocycles. The van der Waals surface area contributed by atoms with Gasteiger partial charge in [0.2, 0.25) is 0 Å². The zero-order chi connectivity index (χ0) is 16.3. The molecule has 116 valence electrons. The Morgan fingerprint density at radius 1 is 1.09 bits per heavy atom. The SMILES string of the molecule is COC(=O)C(NC(=O)C(F)(F)F)c1cccc2ccccc12. The van der Waals surface area contributed by atoms with E-state index in [9.17, 15) is 22.8 Å². The number of hydrogen-bond donors (Lipinski definition) is 1. The maximum absolute atomic E-state index is 12.4. The summed E-state index contributed by atoms with van der Waals surface area (Å²) in [6, 6.07) is 10.1. The Morgan fingerprint density at radius 3 is 2.36 bits per heavy atom. The second-order valence-electron chi connectivity index (χ2n) is 4.50. The molecule has 0 aliphatic carbocycles. The van der Waals surface area contributed by atoms with Gasteiger partial charge in [-0.1, -0.05) is 42.5 Å². The average Bonchev–Trinajstić information content (AvgIpc) is 2.50. The van der Waals surface area contributed by atoms with Gasteiger partial charge in [0.05, 0.1) is 7.11 Å². The molecule has 1 atom stereocenters. The predicted molar refractivity (Wildman–Crippen MR) is 72.9 cm³/mol. The van der Waals surface area contributed by atoms with Crippen LogP contribution in [0.3, 0.4) is 0 Å². The highest BCUT2D eigenvalue weighted by atomic mass is 19.4. The van der Waals surface area contributed by atoms with Gasteiger partial charge in [0.1, 0.15) is 0 Å². The highest BCUT2D eigenvalue weighted by molar-refractivity contribution is 5.94. The van der Waals surface area contributed by atoms with Crippen molar-refractivity contribution < 1.29 is 27.5 Å². The molecule has 0 aliphatic rings. The molecule has 0 saturated carbocycles. The van der Waals surface area contributed by atoms with Crippen molar-refractivity contribution in [2.75, 3.05) is 7.11 Å². The third-order valence-electron chi connectivity index (χ3n) is 3.10. The summed E-state index contributed by atoms with van der Waals surface area (Å²) in [4.78, 5) is 23.0. The van der Waals surface area contributed by atoms with Gasteiger partial charge in [-0.25, -0.2) is 4.79 Å². The lowest BCUT2D eigenvalue weighted by Gasteiger charge is -2.19. The molecular formula is C15H12F3NO3. The van der Waals surface area contributed by atoms with Crippen LogP contribution in [0.2, 0.25) is 0 Å². The molecule has 1 N–H and O–H groups in total. The smallest absolute Gasteiger partial charge is 0.467 e. The average molecular weight is 311 g/mol. The summed E-state index contributed by atoms with van der Waals surface area (Å²) in [6.07, 6.45) is -5.09. The van der Waals surface area contributed by atoms with Gasteiger partial charge < -0.3 is 10.1 Å². The molecule has 0 spiro atoms. The van der Waals surface area contributed by atoms with E-state index in [1.54, 1.807) is 41.7 Å². The van der Waals surface area contributed by atoms with Gasteiger partial charge in [-0.3, -0.25) is 4.79 Å². The van der Waals surface area contributed by atoms with Gasteiger partial charge >= 0.3 is 18.1 Å². The maximum atomic E-state index is 12.4. The van der Waals surface area contributed by atoms with Crippen molar-refractivity contribution in [2.45, 2.75) is 12.2 Å². The molecule has 0 saturated heterocycles. The number of rotatable bonds is 3. The number of fused-ring (bicyclic) bond motifs is 1. The fourth-order valence-electron chi connectivity index (χ4n) is 2.10. The van der Waals surface area contributed by atoms with E-state index in [4.69, 9.17) is 0 Å². The lowest BCUT2D eigenvalue weighted by molar-refractivity contribution is -0.175. The first-order valence-corrected chi connectivity index (χ1v) is 6.27. The summed E-state index contributed by atoms with van der Waals surface area (Å²) in [7, 11) is 1.04. The van der Waals surface area contributed by atoms with Crippen molar-refractivity contribution in [2.24, 2.45) is 0 Å². The summed E-state index contributed by atoms with van der Waals surface area (Å²) >= 11 is 0. The summed E-state index contributed by atoms with van der Waals surface area (Å²) in [6.45, 7) is 0. The number of methoxy groups -OCH3 is 1. The van der Waals surface area contributed by atoms with E-state index in [1.165, 1.54) is 6.07 Å². The van der Waals surface area contributed by atoms with Crippen molar-refractivity contribution in [3.05, 3.63) is 48.0 Å². The van der Waals surface area contributed by atoms with Crippen LogP contribution in [0.4, 0.5) is 13.2 Å². The van der Waals surface area contributed by atoms with Crippen molar-refractivity contribution in [1.82, 2.24) is 5.32 Å². The topological polar surface area (TPSA) is 55.4 Å². The molecule has 0 radical (unpaired) electrons. The number of halogens is 3. The molecule has 0 bridgehead atoms. The van der Waals surface area contributed by atoms with Crippen LogP contribution in [-0.2, 0) is 14.3 Å². The first kappa shape index (κ1) is 15.8. The van der Waals surface area contributed by atoms with Crippen LogP contribution < -0.4 is 5.32 Å². The molecule has 0 heterocycles. The first-order valence-electron chi connectivity index (χ1n) is 6.27. The van der Waals surface area contributed by atoms with Crippen LogP contribution in [0, 0.1) is 0 Å². The molecule has 1 unspecified atom stereocenters. The summed E-state index contributed by atoms with van der Waals surface area (Å²) < 4.78 is 41.8. The molecule has 0 fully saturated rings. The number of hydrogen-bond acceptors (Lipinski definition) is 3. The number of alkyl halides is 3. The van der Waals surface area contributed by atoms with E-state index in [1.807, 2.05) is 0 Å². The van der Waals surface area contributed by atoms with Gasteiger partial charge in [0, 0.05) is 0 Å². The fourth-order valence-corrected chi connectivity index (χ4v) is 2.10. The molecule has 2 aromatic rings. The van der Waals surface area contributed by atoms with Crippen molar-refractivity contribution >= 4 is 22.6 Å². The van der Waals surface area contributed by atoms with E-state index >= 15 is 0 Å². The van der Waals surface area contributed by atoms with Gasteiger partial charge in [-0.2, -0.15) is 13.2 Å². The summed E-state index contributed by atoms with van der Waals surface area (Å²) in [5.41, 5.74) is 0.238. The van der Waals surface area contributed by atoms with E-state index in [-0.39, 0.29) is 5.56 Å². The fraction of sp³-hybridized carbons (Fsp3) is 0.200. The van der Waals surface area contributed by atoms with Crippen LogP contribution in [0.25, 0.3) is 10.8 Å². The Balaban J connectivity index is 2.49. The van der Waals surface area contributed by atoms with Crippen LogP contribution in [0.15, 0.2) is 42.5 Å². The normalized spacial score (nSPS) is 12.7. The Labute approximate surface area is 123 Å². The van der Waals surface area contributed by atoms with Crippen LogP contribution in [0.1, 0.15) is 11.6 Å². The third-order valence-corrected chi connectivity index (χ3v) is 3.10. The quantitative estimate of drug-likeness (QED) is 0.887. The lowest BCUT2D eigenvalue weighted by Crippen LogP contribution is -2.42. The zero-order valence-corrected chi connectivity index (χ0v) is 11.5. The van der Waals surface area contributed by atoms with E-state index in [2.05, 4.69) is 4.74 Å². The van der Waals surface area contributed by atoms with Crippen molar-refractivity contribution in [1.29, 1.82) is 0 Å². The van der Waals surface area contributed by atoms with Gasteiger partial charge in [0.25, 0.3) is 0 Å². The van der Waals surface area contributed by atoms with Crippen LogP contribution in [-0.4, -0.2) is 25.2 Å². The van der Waals surface area contributed by atoms with Gasteiger partial charge in [0.15, 0.2) is 6.04 Å². The monoisotopic (exact) mass is 311 g/mol. The Hall–Kier alpha value is -2.57. The zero-order valence-electron chi connectivity index (χ0n) is 11.5. The third kappa shape index (κ3) is 3.19. The molecular weight excluding hydrogens is 299 g/mol. The molecule has 2 rings (SSSR count). The van der Waals surface area contributed by atoms with E-state index in [0.29, 0.717) is 5.39 Å². The van der Waals surface area contributed by atoms with E-state index < -0.39 is 24.1 Å². The van der Waals surface area contributed by atoms with E-state index in [0.717, 1.165) is 12.5 Å². The minimum Gasteiger partial charge on any atom is -0.467 e. The predicted octanol–water partition coefficient (Wildman–Crippen LogP) is 2.73. The number of carbonyl (C=O) groups is 2. The number of amides is 1. The Kier molecular flexibility index (Phi) is 4.35. The van der Waals surface area contributed by atoms with Gasteiger partial charge in [-0.15, -0.1) is 0 Å². The Bertz CT molecular complexity index is 707. The second kappa shape index (κ2) is 6.05. The summed E-state index contributed by atoms with van der Waals surface area (Å²) in [5.74, 6) is -3.18. The number of ether oxygens (including phenoxy) is 1. The highest BCUT2D eigenvalue weighted by Crippen LogP contribution is 2.26. The second-order valence-corrected chi connectivity index (χ2v) is 4.50. The van der Waals surface area contributed by atoms with Crippen LogP contribution in [0.5, 0.6) is 0 Å². The number of nitrogens with one attached hydrogen (secondary N) is 1. The minimum absolute atomic E-state index is 0.238. The minimum atomic E-state index is -5.09. The Morgan fingerprint density at radius 2 is 1.73 bits per heavy atom. The highest BCUT2D eigenvalue weighted by Gasteiger charge is 2.41. The van der Waals surface area contributed by atoms with Crippen molar-refractivity contribution in [3.8, 4) is 0 Å². The molecule has 7 heteroatoms. The van der Waals surface area contributed by atoms with Crippen molar-refractivity contribution in [3.63, 3.8) is 0 Å². The lowest BCUT2D eigenvalue weighted by atomic mass is 9.98. The standard InChI is InChI=1S/C15H12F3NO3/c1-22-13(20)12(19-14(21)15(16,17)18)11-8-4-6-9-5-2-3-7-10(9)11/h2-8,12H,1H3,(H,19,21). The largest absolute Gasteiger partial charge is 0.471 e. The molecule has 22 heavy (non-hydrogen) atoms. The number of carbonyl (C=O) groups excluding carboxylic acids is 2. The number of benzene rings is 2. The summed E-state index contributed by atoms with van der Waals surface area (Å²) in [5, 5.41) is 2.97. The van der Waals surface area contributed by atoms with Crippen LogP contribution >= 0.6 is 0 Å². The first-order chi connectivity index (χ1) is 10.3. The number of esters is 1. The molecule has 0 aliphatic heterocycles. The molecule has 2 aromatic carbocycles. The molecule has 4 nitrogen and oxygen atoms in total. The van der Waals surface area contributed by atoms with Gasteiger partial charge in [-0.05, 0) is 16.3 Å². The molecule has 1 amide bonds.